The van der Waals surface area contributed by atoms with Crippen molar-refractivity contribution in [2.24, 2.45) is 12.5 Å². The molecule has 3 heteroatoms. The molecule has 3 nitrogen and oxygen atoms in total. The Morgan fingerprint density at radius 3 is 2.85 bits per heavy atom. The normalized spacial score (nSPS) is 24.7. The van der Waals surface area contributed by atoms with Gasteiger partial charge in [0.25, 0.3) is 0 Å². The Morgan fingerprint density at radius 1 is 1.69 bits per heavy atom. The standard InChI is InChI=1S/C10H17N3/c1-10(2)6-9(10)11-7-8-4-5-12-13(8)3/h4-5,9,11H,6-7H2,1-3H3. The molecule has 1 aromatic heterocycles. The maximum atomic E-state index is 4.13. The summed E-state index contributed by atoms with van der Waals surface area (Å²) in [6.07, 6.45) is 3.14. The van der Waals surface area contributed by atoms with Gasteiger partial charge in [0.1, 0.15) is 0 Å². The third-order valence-corrected chi connectivity index (χ3v) is 2.97. The van der Waals surface area contributed by atoms with Crippen LogP contribution in [0, 0.1) is 5.41 Å². The van der Waals surface area contributed by atoms with Crippen LogP contribution in [0.1, 0.15) is 26.0 Å². The SMILES string of the molecule is Cn1nccc1CNC1CC1(C)C. The van der Waals surface area contributed by atoms with Gasteiger partial charge in [-0.1, -0.05) is 13.8 Å². The van der Waals surface area contributed by atoms with Gasteiger partial charge in [-0.3, -0.25) is 4.68 Å². The van der Waals surface area contributed by atoms with Gasteiger partial charge < -0.3 is 5.32 Å². The third-order valence-electron chi connectivity index (χ3n) is 2.97. The van der Waals surface area contributed by atoms with Crippen molar-refractivity contribution in [1.82, 2.24) is 15.1 Å². The molecule has 1 aliphatic rings. The fraction of sp³-hybridized carbons (Fsp3) is 0.700. The Kier molecular flexibility index (Phi) is 1.91. The van der Waals surface area contributed by atoms with Gasteiger partial charge in [0, 0.05) is 25.8 Å². The topological polar surface area (TPSA) is 29.9 Å². The van der Waals surface area contributed by atoms with Crippen molar-refractivity contribution in [1.29, 1.82) is 0 Å². The van der Waals surface area contributed by atoms with Crippen molar-refractivity contribution >= 4 is 0 Å². The van der Waals surface area contributed by atoms with Crippen molar-refractivity contribution in [2.75, 3.05) is 0 Å². The minimum absolute atomic E-state index is 0.512. The number of nitrogens with zero attached hydrogens (tertiary/aromatic N) is 2. The summed E-state index contributed by atoms with van der Waals surface area (Å²) in [5, 5.41) is 7.66. The summed E-state index contributed by atoms with van der Waals surface area (Å²) in [4.78, 5) is 0. The van der Waals surface area contributed by atoms with Gasteiger partial charge in [-0.25, -0.2) is 0 Å². The van der Waals surface area contributed by atoms with E-state index in [0.717, 1.165) is 6.54 Å². The Labute approximate surface area is 79.1 Å². The van der Waals surface area contributed by atoms with Gasteiger partial charge in [0.15, 0.2) is 0 Å². The zero-order valence-electron chi connectivity index (χ0n) is 8.54. The quantitative estimate of drug-likeness (QED) is 0.758. The molecule has 1 saturated carbocycles. The number of nitrogens with one attached hydrogen (secondary N) is 1. The first-order valence-electron chi connectivity index (χ1n) is 4.80. The molecule has 72 valence electrons. The molecule has 1 fully saturated rings. The van der Waals surface area contributed by atoms with Crippen LogP contribution >= 0.6 is 0 Å². The van der Waals surface area contributed by atoms with E-state index >= 15 is 0 Å². The van der Waals surface area contributed by atoms with Crippen LogP contribution in [0.3, 0.4) is 0 Å². The molecule has 0 aromatic carbocycles. The summed E-state index contributed by atoms with van der Waals surface area (Å²) in [7, 11) is 1.98. The third kappa shape index (κ3) is 1.75. The lowest BCUT2D eigenvalue weighted by Gasteiger charge is -2.06. The smallest absolute Gasteiger partial charge is 0.0518 e. The van der Waals surface area contributed by atoms with E-state index in [-0.39, 0.29) is 0 Å². The lowest BCUT2D eigenvalue weighted by atomic mass is 10.2. The average Bonchev–Trinajstić information content (AvgIpc) is 2.47. The molecule has 0 spiro atoms. The fourth-order valence-electron chi connectivity index (χ4n) is 1.62. The molecule has 1 aromatic rings. The van der Waals surface area contributed by atoms with Crippen LogP contribution < -0.4 is 5.32 Å². The van der Waals surface area contributed by atoms with Crippen LogP contribution in [0.5, 0.6) is 0 Å². The van der Waals surface area contributed by atoms with Gasteiger partial charge in [0.2, 0.25) is 0 Å². The second-order valence-corrected chi connectivity index (χ2v) is 4.57. The maximum Gasteiger partial charge on any atom is 0.0518 e. The molecule has 1 heterocycles. The Balaban J connectivity index is 1.85. The summed E-state index contributed by atoms with van der Waals surface area (Å²) in [6, 6.07) is 2.75. The van der Waals surface area contributed by atoms with Gasteiger partial charge in [-0.2, -0.15) is 5.10 Å². The molecular formula is C10H17N3. The lowest BCUT2D eigenvalue weighted by molar-refractivity contribution is 0.529. The van der Waals surface area contributed by atoms with Gasteiger partial charge in [0.05, 0.1) is 5.69 Å². The Morgan fingerprint density at radius 2 is 2.38 bits per heavy atom. The van der Waals surface area contributed by atoms with E-state index in [9.17, 15) is 0 Å². The molecule has 1 unspecified atom stereocenters. The second kappa shape index (κ2) is 2.84. The fourth-order valence-corrected chi connectivity index (χ4v) is 1.62. The maximum absolute atomic E-state index is 4.13. The zero-order chi connectivity index (χ0) is 9.47. The number of aryl methyl sites for hydroxylation is 1. The van der Waals surface area contributed by atoms with Crippen molar-refractivity contribution in [3.8, 4) is 0 Å². The van der Waals surface area contributed by atoms with E-state index < -0.39 is 0 Å². The molecule has 13 heavy (non-hydrogen) atoms. The predicted molar refractivity (Wildman–Crippen MR) is 52.2 cm³/mol. The predicted octanol–water partition coefficient (Wildman–Crippen LogP) is 1.31. The van der Waals surface area contributed by atoms with Crippen LogP contribution in [-0.4, -0.2) is 15.8 Å². The summed E-state index contributed by atoms with van der Waals surface area (Å²) >= 11 is 0. The highest BCUT2D eigenvalue weighted by Gasteiger charge is 2.45. The van der Waals surface area contributed by atoms with Crippen LogP contribution in [0.4, 0.5) is 0 Å². The molecule has 0 saturated heterocycles. The lowest BCUT2D eigenvalue weighted by Crippen LogP contribution is -2.21. The molecule has 0 aliphatic heterocycles. The van der Waals surface area contributed by atoms with E-state index in [2.05, 4.69) is 30.3 Å². The van der Waals surface area contributed by atoms with E-state index in [1.54, 1.807) is 0 Å². The summed E-state index contributed by atoms with van der Waals surface area (Å²) in [6.45, 7) is 5.53. The molecule has 1 aliphatic carbocycles. The first-order valence-corrected chi connectivity index (χ1v) is 4.80. The average molecular weight is 179 g/mol. The largest absolute Gasteiger partial charge is 0.308 e. The number of hydrogen-bond donors (Lipinski definition) is 1. The molecule has 2 rings (SSSR count). The molecule has 1 atom stereocenters. The zero-order valence-corrected chi connectivity index (χ0v) is 8.54. The first kappa shape index (κ1) is 8.75. The van der Waals surface area contributed by atoms with E-state index in [4.69, 9.17) is 0 Å². The van der Waals surface area contributed by atoms with Crippen LogP contribution in [0.2, 0.25) is 0 Å². The number of aromatic nitrogens is 2. The van der Waals surface area contributed by atoms with Gasteiger partial charge >= 0.3 is 0 Å². The van der Waals surface area contributed by atoms with Crippen LogP contribution in [0.15, 0.2) is 12.3 Å². The highest BCUT2D eigenvalue weighted by atomic mass is 15.3. The Bertz CT molecular complexity index is 301. The Hall–Kier alpha value is -0.830. The van der Waals surface area contributed by atoms with Crippen molar-refractivity contribution < 1.29 is 0 Å². The highest BCUT2D eigenvalue weighted by Crippen LogP contribution is 2.44. The number of hydrogen-bond acceptors (Lipinski definition) is 2. The minimum atomic E-state index is 0.512. The molecule has 0 amide bonds. The van der Waals surface area contributed by atoms with Crippen LogP contribution in [-0.2, 0) is 13.6 Å². The summed E-state index contributed by atoms with van der Waals surface area (Å²) < 4.78 is 1.92. The van der Waals surface area contributed by atoms with Crippen LogP contribution in [0.25, 0.3) is 0 Å². The summed E-state index contributed by atoms with van der Waals surface area (Å²) in [5.74, 6) is 0. The van der Waals surface area contributed by atoms with E-state index in [1.807, 2.05) is 17.9 Å². The van der Waals surface area contributed by atoms with Crippen molar-refractivity contribution in [2.45, 2.75) is 32.9 Å². The highest BCUT2D eigenvalue weighted by molar-refractivity contribution is 5.05. The monoisotopic (exact) mass is 179 g/mol. The van der Waals surface area contributed by atoms with E-state index in [1.165, 1.54) is 12.1 Å². The molecule has 0 bridgehead atoms. The molecule has 1 N–H and O–H groups in total. The van der Waals surface area contributed by atoms with Crippen molar-refractivity contribution in [3.05, 3.63) is 18.0 Å². The number of rotatable bonds is 3. The molecule has 0 radical (unpaired) electrons. The first-order chi connectivity index (χ1) is 6.09. The molecular weight excluding hydrogens is 162 g/mol. The van der Waals surface area contributed by atoms with Gasteiger partial charge in [-0.05, 0) is 17.9 Å². The van der Waals surface area contributed by atoms with Gasteiger partial charge in [-0.15, -0.1) is 0 Å². The van der Waals surface area contributed by atoms with E-state index in [0.29, 0.717) is 11.5 Å². The van der Waals surface area contributed by atoms with Crippen molar-refractivity contribution in [3.63, 3.8) is 0 Å². The second-order valence-electron chi connectivity index (χ2n) is 4.57. The minimum Gasteiger partial charge on any atom is -0.308 e. The summed E-state index contributed by atoms with van der Waals surface area (Å²) in [5.41, 5.74) is 1.76.